The SMILES string of the molecule is C=CCN(CC=C)C(=O)c1ccc(N)cc1OC. The highest BCUT2D eigenvalue weighted by molar-refractivity contribution is 5.97. The molecule has 0 spiro atoms. The molecule has 1 amide bonds. The van der Waals surface area contributed by atoms with Crippen LogP contribution in [0.25, 0.3) is 0 Å². The molecule has 0 aliphatic rings. The molecule has 2 N–H and O–H groups in total. The summed E-state index contributed by atoms with van der Waals surface area (Å²) >= 11 is 0. The average Bonchev–Trinajstić information content (AvgIpc) is 2.37. The Morgan fingerprint density at radius 1 is 1.39 bits per heavy atom. The first-order valence-corrected chi connectivity index (χ1v) is 5.58. The minimum absolute atomic E-state index is 0.133. The first-order valence-electron chi connectivity index (χ1n) is 5.58. The molecular weight excluding hydrogens is 228 g/mol. The van der Waals surface area contributed by atoms with Crippen LogP contribution < -0.4 is 10.5 Å². The van der Waals surface area contributed by atoms with E-state index < -0.39 is 0 Å². The smallest absolute Gasteiger partial charge is 0.258 e. The van der Waals surface area contributed by atoms with Crippen LogP contribution in [0.3, 0.4) is 0 Å². The zero-order valence-corrected chi connectivity index (χ0v) is 10.6. The summed E-state index contributed by atoms with van der Waals surface area (Å²) in [4.78, 5) is 13.9. The number of ether oxygens (including phenoxy) is 1. The molecule has 1 rings (SSSR count). The van der Waals surface area contributed by atoms with Gasteiger partial charge in [0.25, 0.3) is 5.91 Å². The van der Waals surface area contributed by atoms with Gasteiger partial charge in [-0.05, 0) is 12.1 Å². The van der Waals surface area contributed by atoms with Gasteiger partial charge in [-0.2, -0.15) is 0 Å². The van der Waals surface area contributed by atoms with Gasteiger partial charge in [0.05, 0.1) is 12.7 Å². The maximum absolute atomic E-state index is 12.3. The molecule has 0 aromatic heterocycles. The quantitative estimate of drug-likeness (QED) is 0.617. The molecular formula is C14H18N2O2. The maximum Gasteiger partial charge on any atom is 0.258 e. The molecule has 0 heterocycles. The summed E-state index contributed by atoms with van der Waals surface area (Å²) in [6, 6.07) is 4.97. The van der Waals surface area contributed by atoms with E-state index in [4.69, 9.17) is 10.5 Å². The zero-order chi connectivity index (χ0) is 13.5. The van der Waals surface area contributed by atoms with Gasteiger partial charge < -0.3 is 15.4 Å². The lowest BCUT2D eigenvalue weighted by atomic mass is 10.1. The van der Waals surface area contributed by atoms with Crippen LogP contribution >= 0.6 is 0 Å². The van der Waals surface area contributed by atoms with Crippen LogP contribution in [0.1, 0.15) is 10.4 Å². The third-order valence-corrected chi connectivity index (χ3v) is 2.44. The molecule has 1 aromatic rings. The number of carbonyl (C=O) groups is 1. The molecule has 0 aliphatic carbocycles. The number of nitrogens with zero attached hydrogens (tertiary/aromatic N) is 1. The van der Waals surface area contributed by atoms with Crippen LogP contribution in [-0.2, 0) is 0 Å². The third kappa shape index (κ3) is 3.13. The van der Waals surface area contributed by atoms with Crippen LogP contribution in [-0.4, -0.2) is 31.0 Å². The summed E-state index contributed by atoms with van der Waals surface area (Å²) in [6.45, 7) is 8.19. The second kappa shape index (κ2) is 6.49. The second-order valence-electron chi connectivity index (χ2n) is 3.75. The van der Waals surface area contributed by atoms with Crippen molar-refractivity contribution in [3.8, 4) is 5.75 Å². The molecule has 0 unspecified atom stereocenters. The largest absolute Gasteiger partial charge is 0.496 e. The number of methoxy groups -OCH3 is 1. The number of amides is 1. The summed E-state index contributed by atoms with van der Waals surface area (Å²) in [5.41, 5.74) is 6.70. The Bertz CT molecular complexity index is 445. The number of rotatable bonds is 6. The molecule has 0 fully saturated rings. The van der Waals surface area contributed by atoms with E-state index in [1.165, 1.54) is 7.11 Å². The summed E-state index contributed by atoms with van der Waals surface area (Å²) in [5, 5.41) is 0. The van der Waals surface area contributed by atoms with Gasteiger partial charge >= 0.3 is 0 Å². The highest BCUT2D eigenvalue weighted by Gasteiger charge is 2.17. The molecule has 0 saturated carbocycles. The normalized spacial score (nSPS) is 9.61. The highest BCUT2D eigenvalue weighted by Crippen LogP contribution is 2.23. The van der Waals surface area contributed by atoms with Gasteiger partial charge in [-0.1, -0.05) is 12.2 Å². The fraction of sp³-hybridized carbons (Fsp3) is 0.214. The molecule has 96 valence electrons. The lowest BCUT2D eigenvalue weighted by molar-refractivity contribution is 0.0787. The van der Waals surface area contributed by atoms with E-state index in [0.29, 0.717) is 30.1 Å². The van der Waals surface area contributed by atoms with E-state index >= 15 is 0 Å². The van der Waals surface area contributed by atoms with Crippen LogP contribution in [0.2, 0.25) is 0 Å². The Balaban J connectivity index is 3.07. The Morgan fingerprint density at radius 3 is 2.50 bits per heavy atom. The van der Waals surface area contributed by atoms with Gasteiger partial charge in [0.15, 0.2) is 0 Å². The van der Waals surface area contributed by atoms with Gasteiger partial charge in [0.1, 0.15) is 5.75 Å². The molecule has 0 radical (unpaired) electrons. The summed E-state index contributed by atoms with van der Waals surface area (Å²) < 4.78 is 5.17. The minimum Gasteiger partial charge on any atom is -0.496 e. The minimum atomic E-state index is -0.133. The predicted octanol–water partition coefficient (Wildman–Crippen LogP) is 2.09. The van der Waals surface area contributed by atoms with Gasteiger partial charge in [-0.3, -0.25) is 4.79 Å². The lowest BCUT2D eigenvalue weighted by Gasteiger charge is -2.20. The second-order valence-corrected chi connectivity index (χ2v) is 3.75. The van der Waals surface area contributed by atoms with Crippen LogP contribution in [0.5, 0.6) is 5.75 Å². The fourth-order valence-corrected chi connectivity index (χ4v) is 1.61. The number of nitrogen functional groups attached to an aromatic ring is 1. The maximum atomic E-state index is 12.3. The average molecular weight is 246 g/mol. The first kappa shape index (κ1) is 13.8. The number of anilines is 1. The van der Waals surface area contributed by atoms with Gasteiger partial charge in [-0.15, -0.1) is 13.2 Å². The van der Waals surface area contributed by atoms with Crippen molar-refractivity contribution in [2.24, 2.45) is 0 Å². The van der Waals surface area contributed by atoms with Crippen molar-refractivity contribution in [2.45, 2.75) is 0 Å². The Morgan fingerprint density at radius 2 is 2.00 bits per heavy atom. The highest BCUT2D eigenvalue weighted by atomic mass is 16.5. The van der Waals surface area contributed by atoms with Crippen molar-refractivity contribution in [3.05, 3.63) is 49.1 Å². The van der Waals surface area contributed by atoms with E-state index in [0.717, 1.165) is 0 Å². The third-order valence-electron chi connectivity index (χ3n) is 2.44. The standard InChI is InChI=1S/C14H18N2O2/c1-4-8-16(9-5-2)14(17)12-7-6-11(15)10-13(12)18-3/h4-7,10H,1-2,8-9,15H2,3H3. The molecule has 4 heteroatoms. The number of carbonyl (C=O) groups excluding carboxylic acids is 1. The van der Waals surface area contributed by atoms with Crippen LogP contribution in [0, 0.1) is 0 Å². The van der Waals surface area contributed by atoms with Gasteiger partial charge in [0.2, 0.25) is 0 Å². The Kier molecular flexibility index (Phi) is 4.99. The zero-order valence-electron chi connectivity index (χ0n) is 10.6. The predicted molar refractivity (Wildman–Crippen MR) is 73.7 cm³/mol. The van der Waals surface area contributed by atoms with Crippen LogP contribution in [0.4, 0.5) is 5.69 Å². The van der Waals surface area contributed by atoms with E-state index in [2.05, 4.69) is 13.2 Å². The van der Waals surface area contributed by atoms with Crippen molar-refractivity contribution in [2.75, 3.05) is 25.9 Å². The Hall–Kier alpha value is -2.23. The molecule has 4 nitrogen and oxygen atoms in total. The monoisotopic (exact) mass is 246 g/mol. The molecule has 18 heavy (non-hydrogen) atoms. The van der Waals surface area contributed by atoms with E-state index in [1.54, 1.807) is 35.3 Å². The number of benzene rings is 1. The molecule has 0 bridgehead atoms. The van der Waals surface area contributed by atoms with E-state index in [9.17, 15) is 4.79 Å². The van der Waals surface area contributed by atoms with Crippen molar-refractivity contribution in [3.63, 3.8) is 0 Å². The first-order chi connectivity index (χ1) is 8.63. The van der Waals surface area contributed by atoms with Crippen molar-refractivity contribution in [1.29, 1.82) is 0 Å². The topological polar surface area (TPSA) is 55.6 Å². The molecule has 0 saturated heterocycles. The lowest BCUT2D eigenvalue weighted by Crippen LogP contribution is -2.31. The fourth-order valence-electron chi connectivity index (χ4n) is 1.61. The molecule has 1 aromatic carbocycles. The number of hydrogen-bond acceptors (Lipinski definition) is 3. The number of hydrogen-bond donors (Lipinski definition) is 1. The van der Waals surface area contributed by atoms with E-state index in [-0.39, 0.29) is 5.91 Å². The van der Waals surface area contributed by atoms with Gasteiger partial charge in [0, 0.05) is 24.8 Å². The Labute approximate surface area is 107 Å². The summed E-state index contributed by atoms with van der Waals surface area (Å²) in [6.07, 6.45) is 3.34. The van der Waals surface area contributed by atoms with Crippen molar-refractivity contribution < 1.29 is 9.53 Å². The van der Waals surface area contributed by atoms with Gasteiger partial charge in [-0.25, -0.2) is 0 Å². The summed E-state index contributed by atoms with van der Waals surface area (Å²) in [7, 11) is 1.51. The van der Waals surface area contributed by atoms with Crippen molar-refractivity contribution in [1.82, 2.24) is 4.90 Å². The number of nitrogens with two attached hydrogens (primary N) is 1. The van der Waals surface area contributed by atoms with Crippen molar-refractivity contribution >= 4 is 11.6 Å². The van der Waals surface area contributed by atoms with Crippen LogP contribution in [0.15, 0.2) is 43.5 Å². The molecule has 0 atom stereocenters. The summed E-state index contributed by atoms with van der Waals surface area (Å²) in [5.74, 6) is 0.338. The molecule has 0 aliphatic heterocycles. The van der Waals surface area contributed by atoms with E-state index in [1.807, 2.05) is 0 Å².